The first-order valence-electron chi connectivity index (χ1n) is 5.21. The van der Waals surface area contributed by atoms with Gasteiger partial charge in [0.1, 0.15) is 0 Å². The molecule has 0 aromatic heterocycles. The lowest BCUT2D eigenvalue weighted by Crippen LogP contribution is -1.93. The van der Waals surface area contributed by atoms with E-state index in [-0.39, 0.29) is 0 Å². The lowest BCUT2D eigenvalue weighted by molar-refractivity contribution is 0.665. The minimum atomic E-state index is 0.320. The Balaban J connectivity index is 2.17. The molecule has 0 amide bonds. The number of rotatable bonds is 2. The van der Waals surface area contributed by atoms with Gasteiger partial charge in [-0.3, -0.25) is 4.99 Å². The molecule has 0 saturated heterocycles. The summed E-state index contributed by atoms with van der Waals surface area (Å²) in [4.78, 5) is 4.30. The quantitative estimate of drug-likeness (QED) is 0.588. The van der Waals surface area contributed by atoms with Gasteiger partial charge in [0, 0.05) is 17.3 Å². The van der Waals surface area contributed by atoms with E-state index in [0.29, 0.717) is 17.3 Å². The first kappa shape index (κ1) is 9.45. The highest BCUT2D eigenvalue weighted by Gasteiger charge is 2.57. The maximum Gasteiger partial charge on any atom is 0.0334 e. The molecule has 2 atom stereocenters. The molecule has 2 rings (SSSR count). The maximum absolute atomic E-state index is 4.30. The molecule has 1 fully saturated rings. The van der Waals surface area contributed by atoms with E-state index in [1.807, 2.05) is 13.1 Å². The fourth-order valence-electron chi connectivity index (χ4n) is 2.51. The number of hydrogen-bond acceptors (Lipinski definition) is 1. The third-order valence-electron chi connectivity index (χ3n) is 3.31. The van der Waals surface area contributed by atoms with E-state index in [0.717, 1.165) is 5.70 Å². The predicted octanol–water partition coefficient (Wildman–Crippen LogP) is 3.36. The molecule has 2 aliphatic rings. The van der Waals surface area contributed by atoms with Crippen molar-refractivity contribution in [3.05, 3.63) is 36.1 Å². The van der Waals surface area contributed by atoms with Gasteiger partial charge in [-0.05, 0) is 25.7 Å². The summed E-state index contributed by atoms with van der Waals surface area (Å²) < 4.78 is 0. The molecule has 1 heteroatoms. The molecule has 2 unspecified atom stereocenters. The van der Waals surface area contributed by atoms with Crippen LogP contribution in [0.15, 0.2) is 41.1 Å². The van der Waals surface area contributed by atoms with Crippen molar-refractivity contribution in [1.29, 1.82) is 0 Å². The molecule has 0 aliphatic heterocycles. The second-order valence-electron chi connectivity index (χ2n) is 4.36. The van der Waals surface area contributed by atoms with Crippen molar-refractivity contribution in [3.8, 4) is 0 Å². The summed E-state index contributed by atoms with van der Waals surface area (Å²) in [6, 6.07) is 0. The lowest BCUT2D eigenvalue weighted by atomic mass is 10.0. The zero-order valence-corrected chi connectivity index (χ0v) is 9.07. The SMILES string of the molecule is C/C=N\C(C)=C/C1(C)C2C=CC=CC21. The van der Waals surface area contributed by atoms with Gasteiger partial charge in [-0.2, -0.15) is 0 Å². The first-order valence-corrected chi connectivity index (χ1v) is 5.21. The van der Waals surface area contributed by atoms with Gasteiger partial charge in [-0.15, -0.1) is 0 Å². The monoisotopic (exact) mass is 187 g/mol. The van der Waals surface area contributed by atoms with Crippen molar-refractivity contribution in [2.45, 2.75) is 20.8 Å². The standard InChI is InChI=1S/C13H17N/c1-4-14-10(2)9-13(3)11-7-5-6-8-12(11)13/h4-9,11-12H,1-3H3/b10-9-,14-4-. The average molecular weight is 187 g/mol. The number of aliphatic imine (C=N–C) groups is 1. The number of nitrogens with zero attached hydrogens (tertiary/aromatic N) is 1. The van der Waals surface area contributed by atoms with Crippen molar-refractivity contribution in [2.75, 3.05) is 0 Å². The van der Waals surface area contributed by atoms with E-state index in [1.54, 1.807) is 0 Å². The van der Waals surface area contributed by atoms with Gasteiger partial charge < -0.3 is 0 Å². The van der Waals surface area contributed by atoms with Crippen LogP contribution in [0.1, 0.15) is 20.8 Å². The van der Waals surface area contributed by atoms with Gasteiger partial charge in [0.2, 0.25) is 0 Å². The minimum absolute atomic E-state index is 0.320. The summed E-state index contributed by atoms with van der Waals surface area (Å²) in [5.41, 5.74) is 1.45. The highest BCUT2D eigenvalue weighted by atomic mass is 14.7. The lowest BCUT2D eigenvalue weighted by Gasteiger charge is -2.03. The number of hydrogen-bond donors (Lipinski definition) is 0. The van der Waals surface area contributed by atoms with Gasteiger partial charge >= 0.3 is 0 Å². The zero-order valence-electron chi connectivity index (χ0n) is 9.07. The summed E-state index contributed by atoms with van der Waals surface area (Å²) in [7, 11) is 0. The largest absolute Gasteiger partial charge is 0.267 e. The maximum atomic E-state index is 4.30. The summed E-state index contributed by atoms with van der Waals surface area (Å²) in [6.07, 6.45) is 13.1. The molecule has 1 nitrogen and oxygen atoms in total. The Morgan fingerprint density at radius 2 is 1.86 bits per heavy atom. The summed E-state index contributed by atoms with van der Waals surface area (Å²) in [6.45, 7) is 6.35. The van der Waals surface area contributed by atoms with Gasteiger partial charge in [0.15, 0.2) is 0 Å². The van der Waals surface area contributed by atoms with Gasteiger partial charge in [0.25, 0.3) is 0 Å². The molecule has 0 N–H and O–H groups in total. The van der Waals surface area contributed by atoms with Crippen LogP contribution in [0.25, 0.3) is 0 Å². The van der Waals surface area contributed by atoms with E-state index < -0.39 is 0 Å². The Kier molecular flexibility index (Phi) is 2.18. The molecule has 0 heterocycles. The summed E-state index contributed by atoms with van der Waals surface area (Å²) in [5.74, 6) is 1.41. The molecule has 74 valence electrons. The van der Waals surface area contributed by atoms with Crippen LogP contribution in [0.3, 0.4) is 0 Å². The van der Waals surface area contributed by atoms with E-state index in [2.05, 4.69) is 49.2 Å². The second kappa shape index (κ2) is 3.23. The first-order chi connectivity index (χ1) is 6.68. The van der Waals surface area contributed by atoms with Crippen LogP contribution in [0.4, 0.5) is 0 Å². The Morgan fingerprint density at radius 3 is 2.36 bits per heavy atom. The molecule has 0 radical (unpaired) electrons. The van der Waals surface area contributed by atoms with Crippen molar-refractivity contribution < 1.29 is 0 Å². The van der Waals surface area contributed by atoms with E-state index in [4.69, 9.17) is 0 Å². The normalized spacial score (nSPS) is 40.4. The Bertz CT molecular complexity index is 326. The van der Waals surface area contributed by atoms with Crippen LogP contribution >= 0.6 is 0 Å². The smallest absolute Gasteiger partial charge is 0.0334 e. The van der Waals surface area contributed by atoms with Crippen LogP contribution in [0.2, 0.25) is 0 Å². The third kappa shape index (κ3) is 1.37. The molecule has 0 spiro atoms. The number of fused-ring (bicyclic) bond motifs is 1. The fraction of sp³-hybridized carbons (Fsp3) is 0.462. The molecule has 0 aromatic rings. The average Bonchev–Trinajstić information content (AvgIpc) is 2.73. The van der Waals surface area contributed by atoms with Crippen molar-refractivity contribution in [1.82, 2.24) is 0 Å². The molecule has 0 aromatic carbocycles. The fourth-order valence-corrected chi connectivity index (χ4v) is 2.51. The Labute approximate surface area is 85.9 Å². The Hall–Kier alpha value is -1.11. The van der Waals surface area contributed by atoms with Crippen LogP contribution in [-0.2, 0) is 0 Å². The van der Waals surface area contributed by atoms with Gasteiger partial charge in [0.05, 0.1) is 0 Å². The molecular weight excluding hydrogens is 170 g/mol. The van der Waals surface area contributed by atoms with Crippen molar-refractivity contribution in [3.63, 3.8) is 0 Å². The van der Waals surface area contributed by atoms with Crippen LogP contribution in [0.5, 0.6) is 0 Å². The topological polar surface area (TPSA) is 12.4 Å². The van der Waals surface area contributed by atoms with Crippen molar-refractivity contribution >= 4 is 6.21 Å². The van der Waals surface area contributed by atoms with Crippen LogP contribution in [0, 0.1) is 17.3 Å². The van der Waals surface area contributed by atoms with E-state index in [9.17, 15) is 0 Å². The molecule has 0 bridgehead atoms. The molecular formula is C13H17N. The van der Waals surface area contributed by atoms with Crippen molar-refractivity contribution in [2.24, 2.45) is 22.2 Å². The molecule has 14 heavy (non-hydrogen) atoms. The summed E-state index contributed by atoms with van der Waals surface area (Å²) >= 11 is 0. The minimum Gasteiger partial charge on any atom is -0.267 e. The van der Waals surface area contributed by atoms with E-state index >= 15 is 0 Å². The third-order valence-corrected chi connectivity index (χ3v) is 3.31. The highest BCUT2D eigenvalue weighted by Crippen LogP contribution is 2.62. The van der Waals surface area contributed by atoms with Gasteiger partial charge in [-0.1, -0.05) is 37.3 Å². The number of allylic oxidation sites excluding steroid dienone is 6. The summed E-state index contributed by atoms with van der Waals surface area (Å²) in [5, 5.41) is 0. The predicted molar refractivity (Wildman–Crippen MR) is 61.3 cm³/mol. The molecule has 2 aliphatic carbocycles. The van der Waals surface area contributed by atoms with Crippen LogP contribution in [-0.4, -0.2) is 6.21 Å². The van der Waals surface area contributed by atoms with E-state index in [1.165, 1.54) is 0 Å². The Morgan fingerprint density at radius 1 is 1.29 bits per heavy atom. The zero-order chi connectivity index (χ0) is 10.2. The highest BCUT2D eigenvalue weighted by molar-refractivity contribution is 5.55. The van der Waals surface area contributed by atoms with Crippen LogP contribution < -0.4 is 0 Å². The molecule has 1 saturated carbocycles. The second-order valence-corrected chi connectivity index (χ2v) is 4.36. The van der Waals surface area contributed by atoms with Gasteiger partial charge in [-0.25, -0.2) is 0 Å².